The number of aromatic nitrogens is 1. The van der Waals surface area contributed by atoms with Crippen LogP contribution < -0.4 is 21.7 Å². The lowest BCUT2D eigenvalue weighted by atomic mass is 9.89. The SMILES string of the molecule is CN[C@@H](C)C(=O)N[C@@H]1C=C(C(=O)N[C@H](Cc2c[nH]c3ccccc23)C(N)=O)C[C@@H](O)[C@@H]1O. The van der Waals surface area contributed by atoms with Crippen LogP contribution in [0.4, 0.5) is 0 Å². The summed E-state index contributed by atoms with van der Waals surface area (Å²) in [5, 5.41) is 29.4. The van der Waals surface area contributed by atoms with Gasteiger partial charge in [-0.3, -0.25) is 14.4 Å². The van der Waals surface area contributed by atoms with Crippen molar-refractivity contribution in [3.05, 3.63) is 47.7 Å². The van der Waals surface area contributed by atoms with Gasteiger partial charge in [0.2, 0.25) is 17.7 Å². The predicted molar refractivity (Wildman–Crippen MR) is 118 cm³/mol. The van der Waals surface area contributed by atoms with Crippen molar-refractivity contribution >= 4 is 28.6 Å². The second kappa shape index (κ2) is 9.94. The Hall–Kier alpha value is -3.21. The van der Waals surface area contributed by atoms with E-state index in [0.717, 1.165) is 16.5 Å². The minimum absolute atomic E-state index is 0.125. The molecule has 8 N–H and O–H groups in total. The first-order valence-electron chi connectivity index (χ1n) is 10.4. The van der Waals surface area contributed by atoms with Gasteiger partial charge >= 0.3 is 0 Å². The van der Waals surface area contributed by atoms with Crippen LogP contribution in [0.3, 0.4) is 0 Å². The van der Waals surface area contributed by atoms with Gasteiger partial charge in [0.1, 0.15) is 12.1 Å². The van der Waals surface area contributed by atoms with Crippen LogP contribution in [0.1, 0.15) is 18.9 Å². The molecule has 10 heteroatoms. The molecule has 0 unspecified atom stereocenters. The Morgan fingerprint density at radius 1 is 1.25 bits per heavy atom. The van der Waals surface area contributed by atoms with Gasteiger partial charge in [0.05, 0.1) is 18.2 Å². The zero-order chi connectivity index (χ0) is 23.4. The maximum Gasteiger partial charge on any atom is 0.247 e. The molecule has 0 bridgehead atoms. The quantitative estimate of drug-likeness (QED) is 0.271. The van der Waals surface area contributed by atoms with Crippen molar-refractivity contribution in [2.45, 2.75) is 50.1 Å². The molecule has 5 atom stereocenters. The zero-order valence-corrected chi connectivity index (χ0v) is 18.0. The smallest absolute Gasteiger partial charge is 0.247 e. The summed E-state index contributed by atoms with van der Waals surface area (Å²) >= 11 is 0. The fourth-order valence-electron chi connectivity index (χ4n) is 3.68. The molecule has 1 aliphatic carbocycles. The van der Waals surface area contributed by atoms with E-state index in [2.05, 4.69) is 20.9 Å². The predicted octanol–water partition coefficient (Wildman–Crippen LogP) is -1.17. The van der Waals surface area contributed by atoms with E-state index in [1.165, 1.54) is 6.08 Å². The Bertz CT molecular complexity index is 1030. The van der Waals surface area contributed by atoms with Gasteiger partial charge < -0.3 is 36.9 Å². The molecule has 0 saturated carbocycles. The largest absolute Gasteiger partial charge is 0.390 e. The van der Waals surface area contributed by atoms with Crippen molar-refractivity contribution in [1.29, 1.82) is 0 Å². The number of carbonyl (C=O) groups is 3. The summed E-state index contributed by atoms with van der Waals surface area (Å²) < 4.78 is 0. The molecule has 32 heavy (non-hydrogen) atoms. The van der Waals surface area contributed by atoms with Gasteiger partial charge in [-0.2, -0.15) is 0 Å². The van der Waals surface area contributed by atoms with Gasteiger partial charge in [0, 0.05) is 35.5 Å². The molecule has 0 saturated heterocycles. The van der Waals surface area contributed by atoms with E-state index in [1.54, 1.807) is 20.2 Å². The fourth-order valence-corrected chi connectivity index (χ4v) is 3.68. The monoisotopic (exact) mass is 443 g/mol. The Morgan fingerprint density at radius 2 is 1.97 bits per heavy atom. The Kier molecular flexibility index (Phi) is 7.29. The van der Waals surface area contributed by atoms with Gasteiger partial charge in [0.25, 0.3) is 0 Å². The molecule has 1 aromatic heterocycles. The number of fused-ring (bicyclic) bond motifs is 1. The average molecular weight is 444 g/mol. The molecular weight excluding hydrogens is 414 g/mol. The molecule has 0 fully saturated rings. The van der Waals surface area contributed by atoms with Gasteiger partial charge in [0.15, 0.2) is 0 Å². The van der Waals surface area contributed by atoms with Crippen molar-refractivity contribution in [1.82, 2.24) is 20.9 Å². The number of carbonyl (C=O) groups excluding carboxylic acids is 3. The van der Waals surface area contributed by atoms with Crippen LogP contribution in [0.5, 0.6) is 0 Å². The molecule has 2 aromatic rings. The summed E-state index contributed by atoms with van der Waals surface area (Å²) in [6, 6.07) is 5.11. The third-order valence-corrected chi connectivity index (χ3v) is 5.75. The van der Waals surface area contributed by atoms with Crippen LogP contribution in [-0.2, 0) is 20.8 Å². The average Bonchev–Trinajstić information content (AvgIpc) is 3.18. The van der Waals surface area contributed by atoms with Crippen molar-refractivity contribution in [2.24, 2.45) is 5.73 Å². The van der Waals surface area contributed by atoms with E-state index in [1.807, 2.05) is 24.3 Å². The van der Waals surface area contributed by atoms with Gasteiger partial charge in [-0.1, -0.05) is 24.3 Å². The number of aromatic amines is 1. The summed E-state index contributed by atoms with van der Waals surface area (Å²) in [6.45, 7) is 1.64. The number of nitrogens with two attached hydrogens (primary N) is 1. The maximum atomic E-state index is 12.9. The van der Waals surface area contributed by atoms with Gasteiger partial charge in [-0.25, -0.2) is 0 Å². The lowest BCUT2D eigenvalue weighted by Crippen LogP contribution is -2.54. The molecular formula is C22H29N5O5. The van der Waals surface area contributed by atoms with Gasteiger partial charge in [-0.05, 0) is 25.6 Å². The number of hydrogen-bond acceptors (Lipinski definition) is 6. The number of primary amides is 1. The summed E-state index contributed by atoms with van der Waals surface area (Å²) in [7, 11) is 1.61. The zero-order valence-electron chi connectivity index (χ0n) is 18.0. The number of benzene rings is 1. The van der Waals surface area contributed by atoms with Crippen LogP contribution in [0.25, 0.3) is 10.9 Å². The Morgan fingerprint density at radius 3 is 2.66 bits per heavy atom. The second-order valence-electron chi connectivity index (χ2n) is 7.99. The highest BCUT2D eigenvalue weighted by Crippen LogP contribution is 2.22. The molecule has 172 valence electrons. The third kappa shape index (κ3) is 5.16. The molecule has 0 spiro atoms. The van der Waals surface area contributed by atoms with Crippen molar-refractivity contribution in [3.63, 3.8) is 0 Å². The van der Waals surface area contributed by atoms with E-state index in [4.69, 9.17) is 5.73 Å². The van der Waals surface area contributed by atoms with Gasteiger partial charge in [-0.15, -0.1) is 0 Å². The van der Waals surface area contributed by atoms with E-state index >= 15 is 0 Å². The van der Waals surface area contributed by atoms with Crippen LogP contribution >= 0.6 is 0 Å². The van der Waals surface area contributed by atoms with E-state index < -0.39 is 48.1 Å². The third-order valence-electron chi connectivity index (χ3n) is 5.75. The Balaban J connectivity index is 1.75. The number of H-pyrrole nitrogens is 1. The van der Waals surface area contributed by atoms with Crippen LogP contribution in [0.2, 0.25) is 0 Å². The number of amides is 3. The minimum atomic E-state index is -1.27. The summed E-state index contributed by atoms with van der Waals surface area (Å²) in [6.07, 6.45) is 0.704. The van der Waals surface area contributed by atoms with Crippen molar-refractivity contribution in [3.8, 4) is 0 Å². The van der Waals surface area contributed by atoms with E-state index in [0.29, 0.717) is 0 Å². The number of nitrogens with one attached hydrogen (secondary N) is 4. The number of aliphatic hydroxyl groups excluding tert-OH is 2. The first kappa shape index (κ1) is 23.5. The van der Waals surface area contributed by atoms with Crippen molar-refractivity contribution in [2.75, 3.05) is 7.05 Å². The molecule has 0 radical (unpaired) electrons. The molecule has 1 aromatic carbocycles. The molecule has 3 rings (SSSR count). The normalized spacial score (nSPS) is 22.6. The highest BCUT2D eigenvalue weighted by molar-refractivity contribution is 5.97. The minimum Gasteiger partial charge on any atom is -0.390 e. The van der Waals surface area contributed by atoms with Crippen LogP contribution in [0, 0.1) is 0 Å². The standard InChI is InChI=1S/C22H29N5O5/c1-11(24-2)21(31)26-16-7-12(9-18(28)19(16)29)22(32)27-17(20(23)30)8-13-10-25-15-6-4-3-5-14(13)15/h3-7,10-11,16-19,24-25,28-29H,8-9H2,1-2H3,(H2,23,30)(H,26,31)(H,27,32)/t11-,16+,17+,18+,19+/m0/s1. The number of hydrogen-bond donors (Lipinski definition) is 7. The van der Waals surface area contributed by atoms with E-state index in [-0.39, 0.29) is 18.4 Å². The first-order chi connectivity index (χ1) is 15.2. The van der Waals surface area contributed by atoms with Crippen molar-refractivity contribution < 1.29 is 24.6 Å². The molecule has 1 heterocycles. The Labute approximate surface area is 185 Å². The summed E-state index contributed by atoms with van der Waals surface area (Å²) in [5.74, 6) is -1.69. The lowest BCUT2D eigenvalue weighted by molar-refractivity contribution is -0.126. The lowest BCUT2D eigenvalue weighted by Gasteiger charge is -2.32. The number of para-hydroxylation sites is 1. The summed E-state index contributed by atoms with van der Waals surface area (Å²) in [4.78, 5) is 40.2. The van der Waals surface area contributed by atoms with Crippen LogP contribution in [0.15, 0.2) is 42.1 Å². The molecule has 3 amide bonds. The highest BCUT2D eigenvalue weighted by atomic mass is 16.3. The first-order valence-corrected chi connectivity index (χ1v) is 10.4. The molecule has 0 aliphatic heterocycles. The molecule has 1 aliphatic rings. The number of rotatable bonds is 8. The fraction of sp³-hybridized carbons (Fsp3) is 0.409. The second-order valence-corrected chi connectivity index (χ2v) is 7.99. The topological polar surface area (TPSA) is 170 Å². The summed E-state index contributed by atoms with van der Waals surface area (Å²) in [5.41, 5.74) is 7.40. The number of likely N-dealkylation sites (N-methyl/N-ethyl adjacent to an activating group) is 1. The number of aliphatic hydroxyl groups is 2. The van der Waals surface area contributed by atoms with E-state index in [9.17, 15) is 24.6 Å². The van der Waals surface area contributed by atoms with Crippen LogP contribution in [-0.4, -0.2) is 70.3 Å². The maximum absolute atomic E-state index is 12.9. The molecule has 10 nitrogen and oxygen atoms in total. The highest BCUT2D eigenvalue weighted by Gasteiger charge is 2.35.